The molecule has 0 saturated carbocycles. The number of likely N-dealkylation sites (N-methyl/N-ethyl adjacent to an activating group) is 1. The summed E-state index contributed by atoms with van der Waals surface area (Å²) in [4.78, 5) is 26.3. The fourth-order valence-corrected chi connectivity index (χ4v) is 4.30. The van der Waals surface area contributed by atoms with E-state index in [4.69, 9.17) is 0 Å². The van der Waals surface area contributed by atoms with Crippen LogP contribution in [0, 0.1) is 0 Å². The van der Waals surface area contributed by atoms with Gasteiger partial charge >= 0.3 is 0 Å². The number of rotatable bonds is 7. The standard InChI is InChI=1S/C25H28N8O/c1-31-14-15-32(17-21-7-3-5-12-27-21)18-22(31)24-30-29-23-9-8-19(16-33(23)24)25(34)28-13-10-20-6-2-4-11-26-20/h2-9,11-12,16,22H,10,13-15,17-18H2,1H3,(H,28,34)/t22-/m1/s1. The Balaban J connectivity index is 1.30. The smallest absolute Gasteiger partial charge is 0.252 e. The van der Waals surface area contributed by atoms with Crippen LogP contribution in [0.3, 0.4) is 0 Å². The minimum absolute atomic E-state index is 0.0647. The number of nitrogens with zero attached hydrogens (tertiary/aromatic N) is 7. The van der Waals surface area contributed by atoms with E-state index in [1.807, 2.05) is 53.2 Å². The Labute approximate surface area is 198 Å². The molecule has 0 spiro atoms. The first kappa shape index (κ1) is 22.1. The third-order valence-electron chi connectivity index (χ3n) is 6.23. The van der Waals surface area contributed by atoms with Crippen molar-refractivity contribution in [3.63, 3.8) is 0 Å². The lowest BCUT2D eigenvalue weighted by molar-refractivity contribution is 0.0844. The van der Waals surface area contributed by atoms with E-state index in [0.717, 1.165) is 49.0 Å². The predicted octanol–water partition coefficient (Wildman–Crippen LogP) is 1.98. The largest absolute Gasteiger partial charge is 0.352 e. The van der Waals surface area contributed by atoms with Gasteiger partial charge in [-0.3, -0.25) is 29.0 Å². The zero-order chi connectivity index (χ0) is 23.3. The van der Waals surface area contributed by atoms with Crippen molar-refractivity contribution in [3.8, 4) is 0 Å². The summed E-state index contributed by atoms with van der Waals surface area (Å²) in [5, 5.41) is 11.8. The number of aromatic nitrogens is 5. The molecule has 1 atom stereocenters. The highest BCUT2D eigenvalue weighted by Crippen LogP contribution is 2.24. The number of amides is 1. The van der Waals surface area contributed by atoms with Crippen molar-refractivity contribution in [2.24, 2.45) is 0 Å². The van der Waals surface area contributed by atoms with Crippen molar-refractivity contribution in [3.05, 3.63) is 89.9 Å². The van der Waals surface area contributed by atoms with Crippen LogP contribution in [0.15, 0.2) is 67.1 Å². The molecule has 9 heteroatoms. The molecule has 1 fully saturated rings. The molecular formula is C25H28N8O. The summed E-state index contributed by atoms with van der Waals surface area (Å²) in [6.45, 7) is 4.02. The normalized spacial score (nSPS) is 17.1. The molecule has 9 nitrogen and oxygen atoms in total. The lowest BCUT2D eigenvalue weighted by Gasteiger charge is -2.38. The van der Waals surface area contributed by atoms with Crippen LogP contribution in [0.4, 0.5) is 0 Å². The monoisotopic (exact) mass is 456 g/mol. The van der Waals surface area contributed by atoms with Gasteiger partial charge in [-0.05, 0) is 43.4 Å². The van der Waals surface area contributed by atoms with Gasteiger partial charge in [-0.2, -0.15) is 0 Å². The summed E-state index contributed by atoms with van der Waals surface area (Å²) in [6, 6.07) is 15.5. The highest BCUT2D eigenvalue weighted by molar-refractivity contribution is 5.94. The Hall–Kier alpha value is -3.69. The summed E-state index contributed by atoms with van der Waals surface area (Å²) < 4.78 is 1.94. The van der Waals surface area contributed by atoms with Crippen molar-refractivity contribution in [1.82, 2.24) is 39.7 Å². The van der Waals surface area contributed by atoms with Crippen LogP contribution in [-0.2, 0) is 13.0 Å². The Morgan fingerprint density at radius 1 is 1.00 bits per heavy atom. The molecule has 5 heterocycles. The van der Waals surface area contributed by atoms with Crippen LogP contribution in [0.25, 0.3) is 5.65 Å². The van der Waals surface area contributed by atoms with Crippen LogP contribution >= 0.6 is 0 Å². The summed E-state index contributed by atoms with van der Waals surface area (Å²) in [7, 11) is 2.11. The van der Waals surface area contributed by atoms with E-state index in [9.17, 15) is 4.79 Å². The topological polar surface area (TPSA) is 91.5 Å². The molecule has 0 radical (unpaired) electrons. The van der Waals surface area contributed by atoms with Crippen molar-refractivity contribution < 1.29 is 4.79 Å². The first-order valence-corrected chi connectivity index (χ1v) is 11.5. The predicted molar refractivity (Wildman–Crippen MR) is 128 cm³/mol. The molecule has 0 unspecified atom stereocenters. The van der Waals surface area contributed by atoms with E-state index in [0.29, 0.717) is 18.5 Å². The van der Waals surface area contributed by atoms with E-state index in [1.54, 1.807) is 12.3 Å². The number of nitrogens with one attached hydrogen (secondary N) is 1. The van der Waals surface area contributed by atoms with Crippen molar-refractivity contribution in [2.45, 2.75) is 19.0 Å². The van der Waals surface area contributed by atoms with Gasteiger partial charge in [0.25, 0.3) is 5.91 Å². The summed E-state index contributed by atoms with van der Waals surface area (Å²) >= 11 is 0. The fourth-order valence-electron chi connectivity index (χ4n) is 4.30. The van der Waals surface area contributed by atoms with Crippen LogP contribution in [0.1, 0.15) is 33.6 Å². The second-order valence-electron chi connectivity index (χ2n) is 8.58. The minimum atomic E-state index is -0.119. The second-order valence-corrected chi connectivity index (χ2v) is 8.58. The van der Waals surface area contributed by atoms with Gasteiger partial charge in [-0.1, -0.05) is 12.1 Å². The number of hydrogen-bond donors (Lipinski definition) is 1. The number of piperazine rings is 1. The summed E-state index contributed by atoms with van der Waals surface area (Å²) in [5.41, 5.74) is 3.32. The second kappa shape index (κ2) is 10.1. The van der Waals surface area contributed by atoms with Crippen molar-refractivity contribution in [1.29, 1.82) is 0 Å². The zero-order valence-corrected chi connectivity index (χ0v) is 19.2. The first-order valence-electron chi connectivity index (χ1n) is 11.5. The molecule has 1 amide bonds. The van der Waals surface area contributed by atoms with Gasteiger partial charge < -0.3 is 5.32 Å². The van der Waals surface area contributed by atoms with E-state index >= 15 is 0 Å². The molecule has 0 aromatic carbocycles. The van der Waals surface area contributed by atoms with E-state index < -0.39 is 0 Å². The van der Waals surface area contributed by atoms with E-state index in [2.05, 4.69) is 48.4 Å². The molecule has 1 aliphatic rings. The van der Waals surface area contributed by atoms with Gasteiger partial charge in [0, 0.05) is 63.4 Å². The van der Waals surface area contributed by atoms with Gasteiger partial charge in [0.1, 0.15) is 0 Å². The van der Waals surface area contributed by atoms with Crippen LogP contribution in [0.5, 0.6) is 0 Å². The zero-order valence-electron chi connectivity index (χ0n) is 19.2. The summed E-state index contributed by atoms with van der Waals surface area (Å²) in [6.07, 6.45) is 6.12. The quantitative estimate of drug-likeness (QED) is 0.455. The highest BCUT2D eigenvalue weighted by atomic mass is 16.1. The molecule has 1 saturated heterocycles. The molecule has 1 N–H and O–H groups in total. The van der Waals surface area contributed by atoms with Crippen molar-refractivity contribution >= 4 is 11.6 Å². The molecule has 0 aliphatic carbocycles. The van der Waals surface area contributed by atoms with Gasteiger partial charge in [-0.15, -0.1) is 10.2 Å². The molecule has 1 aliphatic heterocycles. The number of hydrogen-bond acceptors (Lipinski definition) is 7. The summed E-state index contributed by atoms with van der Waals surface area (Å²) in [5.74, 6) is 0.720. The molecule has 0 bridgehead atoms. The molecular weight excluding hydrogens is 428 g/mol. The van der Waals surface area contributed by atoms with Crippen LogP contribution in [0.2, 0.25) is 0 Å². The van der Waals surface area contributed by atoms with Crippen molar-refractivity contribution in [2.75, 3.05) is 33.2 Å². The third kappa shape index (κ3) is 4.95. The average molecular weight is 457 g/mol. The Bertz CT molecular complexity index is 1240. The first-order chi connectivity index (χ1) is 16.7. The maximum absolute atomic E-state index is 12.8. The fraction of sp³-hybridized carbons (Fsp3) is 0.320. The number of carbonyl (C=O) groups is 1. The van der Waals surface area contributed by atoms with Gasteiger partial charge in [0.2, 0.25) is 0 Å². The maximum atomic E-state index is 12.8. The van der Waals surface area contributed by atoms with Gasteiger partial charge in [0.05, 0.1) is 17.3 Å². The molecule has 4 aromatic heterocycles. The number of pyridine rings is 3. The minimum Gasteiger partial charge on any atom is -0.352 e. The Morgan fingerprint density at radius 2 is 1.79 bits per heavy atom. The van der Waals surface area contributed by atoms with E-state index in [-0.39, 0.29) is 11.9 Å². The number of fused-ring (bicyclic) bond motifs is 1. The highest BCUT2D eigenvalue weighted by Gasteiger charge is 2.29. The third-order valence-corrected chi connectivity index (χ3v) is 6.23. The van der Waals surface area contributed by atoms with E-state index in [1.165, 1.54) is 0 Å². The molecule has 5 rings (SSSR count). The SMILES string of the molecule is CN1CCN(Cc2ccccn2)C[C@@H]1c1nnc2ccc(C(=O)NCCc3ccccn3)cn12. The Kier molecular flexibility index (Phi) is 6.55. The maximum Gasteiger partial charge on any atom is 0.252 e. The Morgan fingerprint density at radius 3 is 2.56 bits per heavy atom. The molecule has 4 aromatic rings. The van der Waals surface area contributed by atoms with Gasteiger partial charge in [0.15, 0.2) is 11.5 Å². The number of carbonyl (C=O) groups excluding carboxylic acids is 1. The molecule has 34 heavy (non-hydrogen) atoms. The van der Waals surface area contributed by atoms with Crippen LogP contribution in [-0.4, -0.2) is 73.5 Å². The van der Waals surface area contributed by atoms with Gasteiger partial charge in [-0.25, -0.2) is 0 Å². The molecule has 174 valence electrons. The lowest BCUT2D eigenvalue weighted by Crippen LogP contribution is -2.46. The van der Waals surface area contributed by atoms with Crippen LogP contribution < -0.4 is 5.32 Å². The lowest BCUT2D eigenvalue weighted by atomic mass is 10.1. The average Bonchev–Trinajstić information content (AvgIpc) is 3.29.